The highest BCUT2D eigenvalue weighted by Gasteiger charge is 2.19. The first-order chi connectivity index (χ1) is 13.9. The molecule has 29 heavy (non-hydrogen) atoms. The van der Waals surface area contributed by atoms with Crippen molar-refractivity contribution < 1.29 is 17.4 Å². The van der Waals surface area contributed by atoms with Crippen LogP contribution in [-0.2, 0) is 10.1 Å². The van der Waals surface area contributed by atoms with E-state index in [9.17, 15) is 13.2 Å². The Morgan fingerprint density at radius 3 is 2.55 bits per heavy atom. The number of pyridine rings is 1. The van der Waals surface area contributed by atoms with Crippen LogP contribution in [0.4, 0.5) is 5.69 Å². The van der Waals surface area contributed by atoms with Crippen LogP contribution < -0.4 is 9.50 Å². The first-order valence-electron chi connectivity index (χ1n) is 8.68. The molecule has 0 saturated carbocycles. The number of aromatic nitrogens is 1. The molecule has 2 aromatic carbocycles. The topological polar surface area (TPSA) is 85.4 Å². The van der Waals surface area contributed by atoms with Crippen LogP contribution >= 0.6 is 11.3 Å². The van der Waals surface area contributed by atoms with Gasteiger partial charge in [0, 0.05) is 11.6 Å². The number of rotatable bonds is 5. The molecule has 4 rings (SSSR count). The molecule has 2 aromatic heterocycles. The minimum Gasteiger partial charge on any atom is -0.378 e. The molecular formula is C21H16N2O4S2. The van der Waals surface area contributed by atoms with Crippen LogP contribution in [-0.4, -0.2) is 19.3 Å². The van der Waals surface area contributed by atoms with Gasteiger partial charge in [0.15, 0.2) is 5.75 Å². The van der Waals surface area contributed by atoms with E-state index in [4.69, 9.17) is 4.18 Å². The molecule has 0 aliphatic rings. The van der Waals surface area contributed by atoms with Gasteiger partial charge in [0.05, 0.1) is 16.1 Å². The van der Waals surface area contributed by atoms with E-state index in [-0.39, 0.29) is 16.6 Å². The van der Waals surface area contributed by atoms with Crippen LogP contribution in [0.1, 0.15) is 15.2 Å². The summed E-state index contributed by atoms with van der Waals surface area (Å²) in [6, 6.07) is 16.4. The summed E-state index contributed by atoms with van der Waals surface area (Å²) in [6.45, 7) is 1.87. The van der Waals surface area contributed by atoms with Crippen LogP contribution in [0.3, 0.4) is 0 Å². The number of nitrogens with one attached hydrogen (secondary N) is 1. The zero-order chi connectivity index (χ0) is 20.4. The van der Waals surface area contributed by atoms with Crippen molar-refractivity contribution in [1.82, 2.24) is 4.98 Å². The zero-order valence-electron chi connectivity index (χ0n) is 15.3. The number of fused-ring (bicyclic) bond motifs is 1. The number of carbonyl (C=O) groups excluding carboxylic acids is 1. The van der Waals surface area contributed by atoms with Gasteiger partial charge < -0.3 is 9.50 Å². The molecule has 0 unspecified atom stereocenters. The summed E-state index contributed by atoms with van der Waals surface area (Å²) in [7, 11) is -4.01. The smallest absolute Gasteiger partial charge is 0.339 e. The average molecular weight is 425 g/mol. The standard InChI is InChI=1S/C21H16N2O4S2/c1-14-6-8-15(9-7-14)29(25,26)27-18-11-10-17(20-16(18)4-2-12-22-20)23-21(24)19-5-3-13-28-19/h2-13H,1H3,(H,23,24). The van der Waals surface area contributed by atoms with E-state index in [0.717, 1.165) is 5.56 Å². The Labute approximate surface area is 171 Å². The van der Waals surface area contributed by atoms with E-state index in [1.54, 1.807) is 48.7 Å². The van der Waals surface area contributed by atoms with E-state index < -0.39 is 10.1 Å². The SMILES string of the molecule is Cc1ccc(S(=O)(=O)Oc2ccc(NC(=O)c3cccs3)c3ncccc23)cc1. The number of aryl methyl sites for hydroxylation is 1. The highest BCUT2D eigenvalue weighted by Crippen LogP contribution is 2.32. The molecule has 1 amide bonds. The summed E-state index contributed by atoms with van der Waals surface area (Å²) in [5, 5.41) is 5.12. The molecule has 6 nitrogen and oxygen atoms in total. The molecule has 0 bridgehead atoms. The maximum Gasteiger partial charge on any atom is 0.339 e. The van der Waals surface area contributed by atoms with E-state index in [1.807, 2.05) is 12.3 Å². The van der Waals surface area contributed by atoms with Gasteiger partial charge in [-0.05, 0) is 54.8 Å². The lowest BCUT2D eigenvalue weighted by Gasteiger charge is -2.12. The Hall–Kier alpha value is -3.23. The summed E-state index contributed by atoms with van der Waals surface area (Å²) in [5.41, 5.74) is 1.86. The molecule has 2 heterocycles. The molecule has 146 valence electrons. The maximum atomic E-state index is 12.7. The third-order valence-electron chi connectivity index (χ3n) is 4.23. The third kappa shape index (κ3) is 3.98. The third-order valence-corrected chi connectivity index (χ3v) is 6.35. The minimum atomic E-state index is -4.01. The summed E-state index contributed by atoms with van der Waals surface area (Å²) in [6.07, 6.45) is 1.57. The minimum absolute atomic E-state index is 0.0650. The van der Waals surface area contributed by atoms with Crippen LogP contribution in [0.5, 0.6) is 5.75 Å². The second kappa shape index (κ2) is 7.65. The van der Waals surface area contributed by atoms with E-state index in [1.165, 1.54) is 29.5 Å². The predicted molar refractivity (Wildman–Crippen MR) is 113 cm³/mol. The van der Waals surface area contributed by atoms with Gasteiger partial charge >= 0.3 is 10.1 Å². The van der Waals surface area contributed by atoms with Gasteiger partial charge in [0.1, 0.15) is 4.90 Å². The highest BCUT2D eigenvalue weighted by molar-refractivity contribution is 7.87. The molecule has 0 aliphatic carbocycles. The van der Waals surface area contributed by atoms with Crippen molar-refractivity contribution in [2.75, 3.05) is 5.32 Å². The van der Waals surface area contributed by atoms with Gasteiger partial charge in [-0.1, -0.05) is 23.8 Å². The summed E-state index contributed by atoms with van der Waals surface area (Å²) in [5.74, 6) is -0.115. The van der Waals surface area contributed by atoms with Crippen molar-refractivity contribution >= 4 is 44.0 Å². The lowest BCUT2D eigenvalue weighted by Crippen LogP contribution is -2.12. The molecule has 0 radical (unpaired) electrons. The molecular weight excluding hydrogens is 408 g/mol. The monoisotopic (exact) mass is 424 g/mol. The number of thiophene rings is 1. The first-order valence-corrected chi connectivity index (χ1v) is 11.0. The quantitative estimate of drug-likeness (QED) is 0.472. The average Bonchev–Trinajstić information content (AvgIpc) is 3.25. The van der Waals surface area contributed by atoms with Crippen LogP contribution in [0.15, 0.2) is 77.1 Å². The molecule has 8 heteroatoms. The van der Waals surface area contributed by atoms with Gasteiger partial charge in [0.2, 0.25) is 0 Å². The number of hydrogen-bond acceptors (Lipinski definition) is 6. The molecule has 1 N–H and O–H groups in total. The van der Waals surface area contributed by atoms with Crippen LogP contribution in [0.2, 0.25) is 0 Å². The fourth-order valence-corrected chi connectivity index (χ4v) is 4.35. The molecule has 0 saturated heterocycles. The number of hydrogen-bond donors (Lipinski definition) is 1. The molecule has 0 spiro atoms. The number of anilines is 1. The van der Waals surface area contributed by atoms with E-state index in [2.05, 4.69) is 10.3 Å². The lowest BCUT2D eigenvalue weighted by atomic mass is 10.1. The second-order valence-electron chi connectivity index (χ2n) is 6.29. The zero-order valence-corrected chi connectivity index (χ0v) is 17.0. The number of carbonyl (C=O) groups is 1. The van der Waals surface area contributed by atoms with Crippen molar-refractivity contribution in [3.63, 3.8) is 0 Å². The largest absolute Gasteiger partial charge is 0.378 e. The molecule has 0 aliphatic heterocycles. The fourth-order valence-electron chi connectivity index (χ4n) is 2.78. The Morgan fingerprint density at radius 2 is 1.83 bits per heavy atom. The molecule has 4 aromatic rings. The highest BCUT2D eigenvalue weighted by atomic mass is 32.2. The maximum absolute atomic E-state index is 12.7. The Morgan fingerprint density at radius 1 is 1.03 bits per heavy atom. The van der Waals surface area contributed by atoms with Crippen LogP contribution in [0, 0.1) is 6.92 Å². The van der Waals surface area contributed by atoms with Crippen molar-refractivity contribution in [2.45, 2.75) is 11.8 Å². The lowest BCUT2D eigenvalue weighted by molar-refractivity contribution is 0.103. The Kier molecular flexibility index (Phi) is 5.04. The van der Waals surface area contributed by atoms with Crippen molar-refractivity contribution in [3.05, 3.63) is 82.7 Å². The summed E-state index contributed by atoms with van der Waals surface area (Å²) < 4.78 is 30.7. The second-order valence-corrected chi connectivity index (χ2v) is 8.79. The van der Waals surface area contributed by atoms with Crippen molar-refractivity contribution in [1.29, 1.82) is 0 Å². The van der Waals surface area contributed by atoms with Crippen molar-refractivity contribution in [3.8, 4) is 5.75 Å². The van der Waals surface area contributed by atoms with Gasteiger partial charge in [-0.2, -0.15) is 8.42 Å². The van der Waals surface area contributed by atoms with Gasteiger partial charge in [-0.25, -0.2) is 0 Å². The summed E-state index contributed by atoms with van der Waals surface area (Å²) in [4.78, 5) is 17.3. The fraction of sp³-hybridized carbons (Fsp3) is 0.0476. The predicted octanol–water partition coefficient (Wildman–Crippen LogP) is 4.62. The Balaban J connectivity index is 1.70. The Bertz CT molecular complexity index is 1280. The normalized spacial score (nSPS) is 11.3. The van der Waals surface area contributed by atoms with E-state index in [0.29, 0.717) is 21.5 Å². The first kappa shape index (κ1) is 19.1. The van der Waals surface area contributed by atoms with Gasteiger partial charge in [0.25, 0.3) is 5.91 Å². The summed E-state index contributed by atoms with van der Waals surface area (Å²) >= 11 is 1.33. The van der Waals surface area contributed by atoms with Gasteiger partial charge in [-0.3, -0.25) is 9.78 Å². The number of amides is 1. The number of benzene rings is 2. The molecule has 0 fully saturated rings. The van der Waals surface area contributed by atoms with E-state index >= 15 is 0 Å². The van der Waals surface area contributed by atoms with Gasteiger partial charge in [-0.15, -0.1) is 11.3 Å². The number of nitrogens with zero attached hydrogens (tertiary/aromatic N) is 1. The molecule has 0 atom stereocenters. The van der Waals surface area contributed by atoms with Crippen LogP contribution in [0.25, 0.3) is 10.9 Å². The van der Waals surface area contributed by atoms with Crippen molar-refractivity contribution in [2.24, 2.45) is 0 Å².